The summed E-state index contributed by atoms with van der Waals surface area (Å²) in [5.74, 6) is 5.01. The molecule has 2 amide bonds. The van der Waals surface area contributed by atoms with Crippen molar-refractivity contribution in [3.8, 4) is 11.8 Å². The molecule has 0 atom stereocenters. The van der Waals surface area contributed by atoms with Crippen LogP contribution in [0.1, 0.15) is 15.9 Å². The van der Waals surface area contributed by atoms with Crippen LogP contribution < -0.4 is 10.2 Å². The zero-order chi connectivity index (χ0) is 20.1. The first-order valence-electron chi connectivity index (χ1n) is 8.21. The Hall–Kier alpha value is -3.57. The Morgan fingerprint density at radius 3 is 2.68 bits per heavy atom. The summed E-state index contributed by atoms with van der Waals surface area (Å²) in [6.07, 6.45) is -0.378. The summed E-state index contributed by atoms with van der Waals surface area (Å²) in [6.45, 7) is 0.874. The Bertz CT molecular complexity index is 995. The minimum absolute atomic E-state index is 0.00268. The third-order valence-corrected chi connectivity index (χ3v) is 4.14. The average molecular weight is 400 g/mol. The highest BCUT2D eigenvalue weighted by Gasteiger charge is 2.23. The Morgan fingerprint density at radius 2 is 2.04 bits per heavy atom. The van der Waals surface area contributed by atoms with E-state index < -0.39 is 10.8 Å². The average Bonchev–Trinajstić information content (AvgIpc) is 3.11. The topological polar surface area (TPSA) is 102 Å². The van der Waals surface area contributed by atoms with E-state index in [1.807, 2.05) is 0 Å². The Kier molecular flexibility index (Phi) is 5.77. The van der Waals surface area contributed by atoms with Gasteiger partial charge >= 0.3 is 6.09 Å². The van der Waals surface area contributed by atoms with E-state index in [4.69, 9.17) is 16.3 Å². The van der Waals surface area contributed by atoms with Gasteiger partial charge in [0.1, 0.15) is 12.2 Å². The molecule has 142 valence electrons. The van der Waals surface area contributed by atoms with Crippen molar-refractivity contribution < 1.29 is 19.2 Å². The van der Waals surface area contributed by atoms with Crippen molar-refractivity contribution in [2.75, 3.05) is 24.6 Å². The van der Waals surface area contributed by atoms with Gasteiger partial charge in [-0.2, -0.15) is 0 Å². The second-order valence-electron chi connectivity index (χ2n) is 5.72. The molecule has 0 unspecified atom stereocenters. The SMILES string of the molecule is O=C(NCC#Cc1ccc(N2CCOC2=O)cc1)c1cc(Cl)ccc1[N+](=O)[O-]. The van der Waals surface area contributed by atoms with E-state index in [2.05, 4.69) is 17.2 Å². The highest BCUT2D eigenvalue weighted by atomic mass is 35.5. The maximum absolute atomic E-state index is 12.2. The Morgan fingerprint density at radius 1 is 1.29 bits per heavy atom. The Balaban J connectivity index is 1.61. The van der Waals surface area contributed by atoms with E-state index in [9.17, 15) is 19.7 Å². The quantitative estimate of drug-likeness (QED) is 0.483. The van der Waals surface area contributed by atoms with Crippen LogP contribution in [0.2, 0.25) is 5.02 Å². The molecule has 9 heteroatoms. The van der Waals surface area contributed by atoms with E-state index in [-0.39, 0.29) is 28.9 Å². The number of amides is 2. The first-order valence-corrected chi connectivity index (χ1v) is 8.59. The van der Waals surface area contributed by atoms with Crippen LogP contribution in [0, 0.1) is 22.0 Å². The molecule has 0 bridgehead atoms. The number of nitrogens with one attached hydrogen (secondary N) is 1. The van der Waals surface area contributed by atoms with Gasteiger partial charge in [0.25, 0.3) is 11.6 Å². The molecule has 8 nitrogen and oxygen atoms in total. The molecule has 0 saturated carbocycles. The minimum Gasteiger partial charge on any atom is -0.447 e. The summed E-state index contributed by atoms with van der Waals surface area (Å²) in [6, 6.07) is 10.8. The molecule has 2 aromatic rings. The second-order valence-corrected chi connectivity index (χ2v) is 6.15. The highest BCUT2D eigenvalue weighted by Crippen LogP contribution is 2.22. The first kappa shape index (κ1) is 19.2. The molecule has 1 saturated heterocycles. The summed E-state index contributed by atoms with van der Waals surface area (Å²) in [4.78, 5) is 35.6. The third-order valence-electron chi connectivity index (χ3n) is 3.91. The number of anilines is 1. The fraction of sp³-hybridized carbons (Fsp3) is 0.158. The predicted molar refractivity (Wildman–Crippen MR) is 102 cm³/mol. The lowest BCUT2D eigenvalue weighted by molar-refractivity contribution is -0.385. The van der Waals surface area contributed by atoms with Gasteiger partial charge in [-0.25, -0.2) is 4.79 Å². The first-order chi connectivity index (χ1) is 13.5. The number of nitro groups is 1. The molecule has 28 heavy (non-hydrogen) atoms. The molecule has 0 spiro atoms. The summed E-state index contributed by atoms with van der Waals surface area (Å²) in [5.41, 5.74) is 0.959. The van der Waals surface area contributed by atoms with Crippen LogP contribution in [-0.4, -0.2) is 36.6 Å². The van der Waals surface area contributed by atoms with Crippen molar-refractivity contribution in [3.05, 3.63) is 68.7 Å². The van der Waals surface area contributed by atoms with Gasteiger partial charge in [-0.1, -0.05) is 23.4 Å². The zero-order valence-electron chi connectivity index (χ0n) is 14.5. The molecule has 1 fully saturated rings. The van der Waals surface area contributed by atoms with Crippen LogP contribution >= 0.6 is 11.6 Å². The standard InChI is InChI=1S/C19H14ClN3O5/c20-14-5-8-17(23(26)27)16(12-14)18(24)21-9-1-2-13-3-6-15(7-4-13)22-10-11-28-19(22)25/h3-8,12H,9-11H2,(H,21,24). The summed E-state index contributed by atoms with van der Waals surface area (Å²) >= 11 is 5.81. The van der Waals surface area contributed by atoms with Crippen molar-refractivity contribution in [3.63, 3.8) is 0 Å². The minimum atomic E-state index is -0.644. The van der Waals surface area contributed by atoms with Crippen LogP contribution in [-0.2, 0) is 4.74 Å². The van der Waals surface area contributed by atoms with Crippen LogP contribution in [0.4, 0.5) is 16.2 Å². The second kappa shape index (κ2) is 8.41. The van der Waals surface area contributed by atoms with Gasteiger partial charge in [-0.05, 0) is 36.4 Å². The van der Waals surface area contributed by atoms with Gasteiger partial charge in [-0.15, -0.1) is 0 Å². The molecule has 0 aromatic heterocycles. The van der Waals surface area contributed by atoms with Crippen molar-refractivity contribution in [2.45, 2.75) is 0 Å². The number of carbonyl (C=O) groups excluding carboxylic acids is 2. The number of halogens is 1. The van der Waals surface area contributed by atoms with Crippen molar-refractivity contribution >= 4 is 35.0 Å². The van der Waals surface area contributed by atoms with Gasteiger partial charge in [0.2, 0.25) is 0 Å². The molecule has 2 aromatic carbocycles. The maximum Gasteiger partial charge on any atom is 0.414 e. The van der Waals surface area contributed by atoms with Crippen molar-refractivity contribution in [1.29, 1.82) is 0 Å². The number of hydrogen-bond donors (Lipinski definition) is 1. The van der Waals surface area contributed by atoms with Gasteiger partial charge in [-0.3, -0.25) is 19.8 Å². The summed E-state index contributed by atoms with van der Waals surface area (Å²) in [7, 11) is 0. The number of rotatable bonds is 4. The van der Waals surface area contributed by atoms with E-state index in [1.54, 1.807) is 24.3 Å². The number of benzene rings is 2. The van der Waals surface area contributed by atoms with Gasteiger partial charge in [0, 0.05) is 22.3 Å². The molecule has 1 N–H and O–H groups in total. The van der Waals surface area contributed by atoms with Crippen molar-refractivity contribution in [2.24, 2.45) is 0 Å². The molecule has 3 rings (SSSR count). The molecular formula is C19H14ClN3O5. The summed E-state index contributed by atoms with van der Waals surface area (Å²) < 4.78 is 4.89. The van der Waals surface area contributed by atoms with Gasteiger partial charge in [0.15, 0.2) is 0 Å². The largest absolute Gasteiger partial charge is 0.447 e. The third kappa shape index (κ3) is 4.39. The van der Waals surface area contributed by atoms with E-state index in [0.717, 1.165) is 5.69 Å². The van der Waals surface area contributed by atoms with Crippen LogP contribution in [0.3, 0.4) is 0 Å². The molecular weight excluding hydrogens is 386 g/mol. The number of nitrogens with zero attached hydrogens (tertiary/aromatic N) is 2. The summed E-state index contributed by atoms with van der Waals surface area (Å²) in [5, 5.41) is 13.8. The van der Waals surface area contributed by atoms with E-state index >= 15 is 0 Å². The maximum atomic E-state index is 12.2. The predicted octanol–water partition coefficient (Wildman–Crippen LogP) is 2.99. The van der Waals surface area contributed by atoms with Crippen LogP contribution in [0.15, 0.2) is 42.5 Å². The van der Waals surface area contributed by atoms with Gasteiger partial charge < -0.3 is 10.1 Å². The zero-order valence-corrected chi connectivity index (χ0v) is 15.2. The number of hydrogen-bond acceptors (Lipinski definition) is 5. The number of cyclic esters (lactones) is 1. The lowest BCUT2D eigenvalue weighted by Gasteiger charge is -2.11. The fourth-order valence-electron chi connectivity index (χ4n) is 2.57. The normalized spacial score (nSPS) is 12.8. The van der Waals surface area contributed by atoms with E-state index in [0.29, 0.717) is 18.7 Å². The number of carbonyl (C=O) groups is 2. The fourth-order valence-corrected chi connectivity index (χ4v) is 2.74. The lowest BCUT2D eigenvalue weighted by Crippen LogP contribution is -2.24. The number of ether oxygens (including phenoxy) is 1. The highest BCUT2D eigenvalue weighted by molar-refractivity contribution is 6.31. The number of nitro benzene ring substituents is 1. The molecule has 0 radical (unpaired) electrons. The van der Waals surface area contributed by atoms with E-state index in [1.165, 1.54) is 23.1 Å². The van der Waals surface area contributed by atoms with Crippen molar-refractivity contribution in [1.82, 2.24) is 5.32 Å². The smallest absolute Gasteiger partial charge is 0.414 e. The van der Waals surface area contributed by atoms with Crippen LogP contribution in [0.25, 0.3) is 0 Å². The molecule has 1 heterocycles. The molecule has 1 aliphatic rings. The monoisotopic (exact) mass is 399 g/mol. The van der Waals surface area contributed by atoms with Gasteiger partial charge in [0.05, 0.1) is 18.0 Å². The Labute approximate surface area is 165 Å². The molecule has 1 aliphatic heterocycles. The lowest BCUT2D eigenvalue weighted by atomic mass is 10.1. The van der Waals surface area contributed by atoms with Crippen LogP contribution in [0.5, 0.6) is 0 Å². The molecule has 0 aliphatic carbocycles.